The number of carbonyl (C=O) groups excluding carboxylic acids is 1. The highest BCUT2D eigenvalue weighted by molar-refractivity contribution is 7.80. The van der Waals surface area contributed by atoms with Crippen LogP contribution in [-0.4, -0.2) is 27.7 Å². The fourth-order valence-electron chi connectivity index (χ4n) is 5.30. The van der Waals surface area contributed by atoms with Gasteiger partial charge in [-0.1, -0.05) is 43.3 Å². The summed E-state index contributed by atoms with van der Waals surface area (Å²) in [5.41, 5.74) is 4.47. The van der Waals surface area contributed by atoms with E-state index in [1.54, 1.807) is 13.3 Å². The van der Waals surface area contributed by atoms with E-state index in [9.17, 15) is 4.79 Å². The molecule has 40 heavy (non-hydrogen) atoms. The van der Waals surface area contributed by atoms with Gasteiger partial charge in [-0.05, 0) is 71.5 Å². The van der Waals surface area contributed by atoms with Gasteiger partial charge in [0.05, 0.1) is 24.5 Å². The number of pyridine rings is 1. The average Bonchev–Trinajstić information content (AvgIpc) is 3.62. The fourth-order valence-corrected chi connectivity index (χ4v) is 5.65. The van der Waals surface area contributed by atoms with E-state index in [0.717, 1.165) is 22.8 Å². The van der Waals surface area contributed by atoms with Crippen LogP contribution >= 0.6 is 12.2 Å². The number of methoxy groups -OCH3 is 1. The lowest BCUT2D eigenvalue weighted by molar-refractivity contribution is -0.115. The first-order chi connectivity index (χ1) is 19.6. The van der Waals surface area contributed by atoms with E-state index in [2.05, 4.69) is 85.9 Å². The Kier molecular flexibility index (Phi) is 6.92. The molecule has 5 aromatic rings. The molecule has 0 radical (unpaired) electrons. The standard InChI is InChI=1S/C32H29N5O2S/c1-3-29(38)34-25-16-15-24(20-28(25)39-2)37-31(30(35-32(37)40)26-11-6-7-17-33-26)27-12-8-18-36(27)23-14-13-21-9-4-5-10-22(21)19-23/h4-20,30-31H,3H2,1-2H3,(H,34,38)(H,35,40). The second-order valence-corrected chi connectivity index (χ2v) is 10.0. The summed E-state index contributed by atoms with van der Waals surface area (Å²) in [6, 6.07) is 30.3. The van der Waals surface area contributed by atoms with Gasteiger partial charge < -0.3 is 24.8 Å². The number of benzene rings is 3. The molecule has 3 aromatic carbocycles. The number of anilines is 2. The molecule has 1 amide bonds. The van der Waals surface area contributed by atoms with Crippen molar-refractivity contribution in [1.82, 2.24) is 14.9 Å². The first kappa shape index (κ1) is 25.6. The van der Waals surface area contributed by atoms with Crippen LogP contribution in [0.5, 0.6) is 5.75 Å². The second-order valence-electron chi connectivity index (χ2n) is 9.62. The summed E-state index contributed by atoms with van der Waals surface area (Å²) in [6.45, 7) is 1.82. The molecule has 8 heteroatoms. The Balaban J connectivity index is 1.47. The quantitative estimate of drug-likeness (QED) is 0.225. The van der Waals surface area contributed by atoms with E-state index >= 15 is 0 Å². The van der Waals surface area contributed by atoms with Gasteiger partial charge in [-0.3, -0.25) is 9.78 Å². The molecule has 2 atom stereocenters. The van der Waals surface area contributed by atoms with Gasteiger partial charge in [0.2, 0.25) is 5.91 Å². The molecule has 2 N–H and O–H groups in total. The topological polar surface area (TPSA) is 71.4 Å². The Morgan fingerprint density at radius 2 is 1.77 bits per heavy atom. The molecule has 2 unspecified atom stereocenters. The number of amides is 1. The van der Waals surface area contributed by atoms with Gasteiger partial charge in [0.15, 0.2) is 5.11 Å². The van der Waals surface area contributed by atoms with Crippen molar-refractivity contribution in [3.63, 3.8) is 0 Å². The van der Waals surface area contributed by atoms with Crippen LogP contribution in [0.2, 0.25) is 0 Å². The number of thiocarbonyl (C=S) groups is 1. The predicted octanol–water partition coefficient (Wildman–Crippen LogP) is 6.56. The lowest BCUT2D eigenvalue weighted by atomic mass is 10.0. The molecule has 6 rings (SSSR count). The predicted molar refractivity (Wildman–Crippen MR) is 163 cm³/mol. The van der Waals surface area contributed by atoms with Crippen molar-refractivity contribution in [3.05, 3.63) is 115 Å². The summed E-state index contributed by atoms with van der Waals surface area (Å²) in [5, 5.41) is 9.39. The van der Waals surface area contributed by atoms with Crippen molar-refractivity contribution in [3.8, 4) is 11.4 Å². The van der Waals surface area contributed by atoms with Gasteiger partial charge in [0.25, 0.3) is 0 Å². The highest BCUT2D eigenvalue weighted by atomic mass is 32.1. The maximum atomic E-state index is 12.1. The molecular weight excluding hydrogens is 518 g/mol. The third-order valence-electron chi connectivity index (χ3n) is 7.25. The number of nitrogens with one attached hydrogen (secondary N) is 2. The van der Waals surface area contributed by atoms with Gasteiger partial charge in [0.1, 0.15) is 11.8 Å². The zero-order chi connectivity index (χ0) is 27.6. The summed E-state index contributed by atoms with van der Waals surface area (Å²) in [4.78, 5) is 18.9. The van der Waals surface area contributed by atoms with E-state index < -0.39 is 0 Å². The van der Waals surface area contributed by atoms with Crippen LogP contribution in [0.1, 0.15) is 36.8 Å². The zero-order valence-electron chi connectivity index (χ0n) is 22.2. The van der Waals surface area contributed by atoms with Gasteiger partial charge in [-0.25, -0.2) is 0 Å². The minimum absolute atomic E-state index is 0.0780. The number of fused-ring (bicyclic) bond motifs is 1. The van der Waals surface area contributed by atoms with E-state index in [-0.39, 0.29) is 18.0 Å². The van der Waals surface area contributed by atoms with Crippen LogP contribution in [-0.2, 0) is 4.79 Å². The van der Waals surface area contributed by atoms with Crippen LogP contribution in [0.15, 0.2) is 103 Å². The maximum absolute atomic E-state index is 12.1. The number of hydrogen-bond donors (Lipinski definition) is 2. The number of ether oxygens (including phenoxy) is 1. The molecule has 0 bridgehead atoms. The number of hydrogen-bond acceptors (Lipinski definition) is 4. The number of rotatable bonds is 7. The maximum Gasteiger partial charge on any atom is 0.224 e. The second kappa shape index (κ2) is 10.8. The Bertz CT molecular complexity index is 1700. The Morgan fingerprint density at radius 3 is 2.55 bits per heavy atom. The normalized spacial score (nSPS) is 16.6. The molecule has 0 saturated carbocycles. The molecule has 1 aliphatic rings. The van der Waals surface area contributed by atoms with Crippen LogP contribution in [0, 0.1) is 0 Å². The SMILES string of the molecule is CCC(=O)Nc1ccc(N2C(=S)NC(c3ccccn3)C2c2cccn2-c2ccc3ccccc3c2)cc1OC. The molecular formula is C32H29N5O2S. The Hall–Kier alpha value is -4.69. The monoisotopic (exact) mass is 547 g/mol. The zero-order valence-corrected chi connectivity index (χ0v) is 23.1. The molecule has 0 aliphatic carbocycles. The fraction of sp³-hybridized carbons (Fsp3) is 0.156. The lowest BCUT2D eigenvalue weighted by Crippen LogP contribution is -2.30. The van der Waals surface area contributed by atoms with Gasteiger partial charge in [-0.15, -0.1) is 0 Å². The molecule has 0 spiro atoms. The molecule has 3 heterocycles. The van der Waals surface area contributed by atoms with Crippen LogP contribution in [0.25, 0.3) is 16.5 Å². The molecule has 2 aromatic heterocycles. The average molecular weight is 548 g/mol. The summed E-state index contributed by atoms with van der Waals surface area (Å²) >= 11 is 5.94. The smallest absolute Gasteiger partial charge is 0.224 e. The van der Waals surface area contributed by atoms with E-state index in [4.69, 9.17) is 17.0 Å². The van der Waals surface area contributed by atoms with Crippen LogP contribution < -0.4 is 20.3 Å². The highest BCUT2D eigenvalue weighted by Gasteiger charge is 2.42. The first-order valence-corrected chi connectivity index (χ1v) is 13.6. The summed E-state index contributed by atoms with van der Waals surface area (Å²) < 4.78 is 7.89. The molecule has 1 aliphatic heterocycles. The van der Waals surface area contributed by atoms with E-state index in [1.165, 1.54) is 10.8 Å². The first-order valence-electron chi connectivity index (χ1n) is 13.2. The summed E-state index contributed by atoms with van der Waals surface area (Å²) in [6.07, 6.45) is 4.26. The van der Waals surface area contributed by atoms with Crippen molar-refractivity contribution < 1.29 is 9.53 Å². The third kappa shape index (κ3) is 4.67. The van der Waals surface area contributed by atoms with Crippen LogP contribution in [0.4, 0.5) is 11.4 Å². The summed E-state index contributed by atoms with van der Waals surface area (Å²) in [5.74, 6) is 0.484. The molecule has 7 nitrogen and oxygen atoms in total. The van der Waals surface area contributed by atoms with Crippen molar-refractivity contribution in [2.75, 3.05) is 17.3 Å². The molecule has 1 fully saturated rings. The lowest BCUT2D eigenvalue weighted by Gasteiger charge is -2.29. The molecule has 1 saturated heterocycles. The van der Waals surface area contributed by atoms with Gasteiger partial charge in [-0.2, -0.15) is 0 Å². The van der Waals surface area contributed by atoms with E-state index in [1.807, 2.05) is 43.3 Å². The van der Waals surface area contributed by atoms with E-state index in [0.29, 0.717) is 23.0 Å². The number of aromatic nitrogens is 2. The van der Waals surface area contributed by atoms with Crippen molar-refractivity contribution in [1.29, 1.82) is 0 Å². The third-order valence-corrected chi connectivity index (χ3v) is 7.57. The van der Waals surface area contributed by atoms with Crippen LogP contribution in [0.3, 0.4) is 0 Å². The van der Waals surface area contributed by atoms with Gasteiger partial charge in [0, 0.05) is 41.9 Å². The molecule has 200 valence electrons. The van der Waals surface area contributed by atoms with Crippen molar-refractivity contribution in [2.24, 2.45) is 0 Å². The highest BCUT2D eigenvalue weighted by Crippen LogP contribution is 2.44. The van der Waals surface area contributed by atoms with Gasteiger partial charge >= 0.3 is 0 Å². The Labute approximate surface area is 238 Å². The van der Waals surface area contributed by atoms with Crippen molar-refractivity contribution >= 4 is 45.4 Å². The minimum atomic E-state index is -0.218. The number of carbonyl (C=O) groups is 1. The minimum Gasteiger partial charge on any atom is -0.494 e. The Morgan fingerprint density at radius 1 is 0.975 bits per heavy atom. The van der Waals surface area contributed by atoms with Crippen molar-refractivity contribution in [2.45, 2.75) is 25.4 Å². The largest absolute Gasteiger partial charge is 0.494 e. The summed E-state index contributed by atoms with van der Waals surface area (Å²) in [7, 11) is 1.60. The number of nitrogens with zero attached hydrogens (tertiary/aromatic N) is 3.